The van der Waals surface area contributed by atoms with Gasteiger partial charge in [0.05, 0.1) is 0 Å². The zero-order chi connectivity index (χ0) is 15.7. The highest BCUT2D eigenvalue weighted by molar-refractivity contribution is 8.00. The van der Waals surface area contributed by atoms with Gasteiger partial charge in [-0.2, -0.15) is 16.7 Å². The molecule has 1 aromatic rings. The number of urea groups is 1. The van der Waals surface area contributed by atoms with Gasteiger partial charge in [0, 0.05) is 16.7 Å². The van der Waals surface area contributed by atoms with Crippen molar-refractivity contribution < 1.29 is 9.32 Å². The van der Waals surface area contributed by atoms with Gasteiger partial charge in [-0.25, -0.2) is 4.79 Å². The fourth-order valence-electron chi connectivity index (χ4n) is 1.86. The zero-order valence-corrected chi connectivity index (χ0v) is 14.1. The van der Waals surface area contributed by atoms with E-state index in [1.54, 1.807) is 0 Å². The molecular weight excluding hydrogens is 288 g/mol. The van der Waals surface area contributed by atoms with Gasteiger partial charge in [-0.15, -0.1) is 0 Å². The molecule has 118 valence electrons. The molecule has 0 saturated heterocycles. The lowest BCUT2D eigenvalue weighted by atomic mass is 9.96. The molecule has 1 fully saturated rings. The van der Waals surface area contributed by atoms with Gasteiger partial charge in [-0.3, -0.25) is 0 Å². The minimum Gasteiger partial charge on any atom is -0.337 e. The first-order chi connectivity index (χ1) is 9.76. The Labute approximate surface area is 129 Å². The van der Waals surface area contributed by atoms with Gasteiger partial charge in [0.2, 0.25) is 5.89 Å². The van der Waals surface area contributed by atoms with Gasteiger partial charge < -0.3 is 15.2 Å². The highest BCUT2D eigenvalue weighted by atomic mass is 32.2. The minimum atomic E-state index is -0.307. The SMILES string of the molecule is CSC1(CNC(=O)N[C@@H](C)c2nc(C(C)(C)C)no2)CC1. The molecule has 0 unspecified atom stereocenters. The van der Waals surface area contributed by atoms with Crippen LogP contribution in [0, 0.1) is 0 Å². The van der Waals surface area contributed by atoms with E-state index in [-0.39, 0.29) is 22.2 Å². The van der Waals surface area contributed by atoms with Crippen molar-refractivity contribution in [1.82, 2.24) is 20.8 Å². The van der Waals surface area contributed by atoms with E-state index >= 15 is 0 Å². The molecule has 1 atom stereocenters. The fourth-order valence-corrected chi connectivity index (χ4v) is 2.59. The highest BCUT2D eigenvalue weighted by Gasteiger charge is 2.42. The number of rotatable bonds is 5. The van der Waals surface area contributed by atoms with Gasteiger partial charge >= 0.3 is 6.03 Å². The van der Waals surface area contributed by atoms with Gasteiger partial charge in [0.1, 0.15) is 6.04 Å². The number of aromatic nitrogens is 2. The normalized spacial score (nSPS) is 18.1. The summed E-state index contributed by atoms with van der Waals surface area (Å²) in [6.45, 7) is 8.59. The first-order valence-electron chi connectivity index (χ1n) is 7.19. The van der Waals surface area contributed by atoms with E-state index in [2.05, 4.69) is 27.0 Å². The third kappa shape index (κ3) is 4.12. The molecule has 1 aliphatic carbocycles. The number of nitrogens with zero attached hydrogens (tertiary/aromatic N) is 2. The summed E-state index contributed by atoms with van der Waals surface area (Å²) in [5, 5.41) is 9.71. The number of carbonyl (C=O) groups is 1. The predicted octanol–water partition coefficient (Wildman–Crippen LogP) is 2.62. The summed E-state index contributed by atoms with van der Waals surface area (Å²) in [4.78, 5) is 16.2. The summed E-state index contributed by atoms with van der Waals surface area (Å²) in [6.07, 6.45) is 4.42. The van der Waals surface area contributed by atoms with E-state index in [4.69, 9.17) is 4.52 Å². The summed E-state index contributed by atoms with van der Waals surface area (Å²) >= 11 is 1.82. The Balaban J connectivity index is 1.84. The molecule has 0 aromatic carbocycles. The Hall–Kier alpha value is -1.24. The van der Waals surface area contributed by atoms with Crippen LogP contribution in [0.1, 0.15) is 58.3 Å². The second-order valence-corrected chi connectivity index (χ2v) is 7.92. The van der Waals surface area contributed by atoms with Crippen LogP contribution in [0.25, 0.3) is 0 Å². The number of hydrogen-bond acceptors (Lipinski definition) is 5. The lowest BCUT2D eigenvalue weighted by Crippen LogP contribution is -2.40. The van der Waals surface area contributed by atoms with E-state index in [1.165, 1.54) is 12.8 Å². The second kappa shape index (κ2) is 5.87. The average Bonchev–Trinajstić information content (AvgIpc) is 2.99. The number of amides is 2. The second-order valence-electron chi connectivity index (χ2n) is 6.64. The van der Waals surface area contributed by atoms with E-state index in [0.29, 0.717) is 18.3 Å². The quantitative estimate of drug-likeness (QED) is 0.873. The molecule has 21 heavy (non-hydrogen) atoms. The maximum atomic E-state index is 11.9. The highest BCUT2D eigenvalue weighted by Crippen LogP contribution is 2.46. The smallest absolute Gasteiger partial charge is 0.315 e. The van der Waals surface area contributed by atoms with Crippen LogP contribution in [0.4, 0.5) is 4.79 Å². The molecular formula is C14H24N4O2S. The van der Waals surface area contributed by atoms with Crippen molar-refractivity contribution in [2.75, 3.05) is 12.8 Å². The number of thioether (sulfide) groups is 1. The molecule has 0 aliphatic heterocycles. The van der Waals surface area contributed by atoms with E-state index in [1.807, 2.05) is 39.5 Å². The van der Waals surface area contributed by atoms with E-state index in [9.17, 15) is 4.79 Å². The third-order valence-electron chi connectivity index (χ3n) is 3.64. The Kier molecular flexibility index (Phi) is 4.51. The lowest BCUT2D eigenvalue weighted by Gasteiger charge is -2.15. The molecule has 1 aliphatic rings. The van der Waals surface area contributed by atoms with Crippen molar-refractivity contribution in [2.45, 2.75) is 56.7 Å². The molecule has 7 heteroatoms. The van der Waals surface area contributed by atoms with Crippen LogP contribution in [0.15, 0.2) is 4.52 Å². The Bertz CT molecular complexity index is 505. The van der Waals surface area contributed by atoms with Crippen LogP contribution in [0.3, 0.4) is 0 Å². The molecule has 0 radical (unpaired) electrons. The molecule has 2 rings (SSSR count). The molecule has 0 spiro atoms. The van der Waals surface area contributed by atoms with Gasteiger partial charge in [-0.05, 0) is 26.0 Å². The first-order valence-corrected chi connectivity index (χ1v) is 8.42. The van der Waals surface area contributed by atoms with Crippen LogP contribution in [0.2, 0.25) is 0 Å². The Morgan fingerprint density at radius 3 is 2.62 bits per heavy atom. The summed E-state index contributed by atoms with van der Waals surface area (Å²) in [7, 11) is 0. The van der Waals surface area contributed by atoms with Crippen molar-refractivity contribution in [3.8, 4) is 0 Å². The molecule has 1 heterocycles. The third-order valence-corrected chi connectivity index (χ3v) is 5.06. The van der Waals surface area contributed by atoms with Gasteiger partial charge in [0.25, 0.3) is 0 Å². The number of nitrogens with one attached hydrogen (secondary N) is 2. The summed E-state index contributed by atoms with van der Waals surface area (Å²) in [5.74, 6) is 1.08. The number of carbonyl (C=O) groups excluding carboxylic acids is 1. The van der Waals surface area contributed by atoms with Crippen LogP contribution >= 0.6 is 11.8 Å². The number of hydrogen-bond donors (Lipinski definition) is 2. The standard InChI is InChI=1S/C14H24N4O2S/c1-9(10-17-11(18-20-10)13(2,3)4)16-12(19)15-8-14(21-5)6-7-14/h9H,6-8H2,1-5H3,(H2,15,16,19)/t9-/m0/s1. The van der Waals surface area contributed by atoms with Crippen LogP contribution in [-0.2, 0) is 5.41 Å². The Morgan fingerprint density at radius 2 is 2.14 bits per heavy atom. The first kappa shape index (κ1) is 16.1. The predicted molar refractivity (Wildman–Crippen MR) is 83.4 cm³/mol. The van der Waals surface area contributed by atoms with Gasteiger partial charge in [-0.1, -0.05) is 25.9 Å². The summed E-state index contributed by atoms with van der Waals surface area (Å²) < 4.78 is 5.48. The van der Waals surface area contributed by atoms with Crippen molar-refractivity contribution in [1.29, 1.82) is 0 Å². The molecule has 2 amide bonds. The lowest BCUT2D eigenvalue weighted by molar-refractivity contribution is 0.234. The van der Waals surface area contributed by atoms with Crippen LogP contribution < -0.4 is 10.6 Å². The maximum absolute atomic E-state index is 11.9. The molecule has 1 saturated carbocycles. The van der Waals surface area contributed by atoms with E-state index in [0.717, 1.165) is 0 Å². The summed E-state index contributed by atoms with van der Waals surface area (Å²) in [5.41, 5.74) is -0.166. The van der Waals surface area contributed by atoms with Crippen molar-refractivity contribution in [3.05, 3.63) is 11.7 Å². The van der Waals surface area contributed by atoms with E-state index < -0.39 is 0 Å². The largest absolute Gasteiger partial charge is 0.337 e. The van der Waals surface area contributed by atoms with Crippen molar-refractivity contribution >= 4 is 17.8 Å². The summed E-state index contributed by atoms with van der Waals surface area (Å²) in [6, 6.07) is -0.503. The van der Waals surface area contributed by atoms with Crippen LogP contribution in [-0.4, -0.2) is 33.7 Å². The molecule has 0 bridgehead atoms. The molecule has 6 nitrogen and oxygen atoms in total. The maximum Gasteiger partial charge on any atom is 0.315 e. The van der Waals surface area contributed by atoms with Crippen LogP contribution in [0.5, 0.6) is 0 Å². The Morgan fingerprint density at radius 1 is 1.48 bits per heavy atom. The molecule has 1 aromatic heterocycles. The average molecular weight is 312 g/mol. The monoisotopic (exact) mass is 312 g/mol. The zero-order valence-electron chi connectivity index (χ0n) is 13.3. The van der Waals surface area contributed by atoms with Crippen molar-refractivity contribution in [3.63, 3.8) is 0 Å². The van der Waals surface area contributed by atoms with Crippen molar-refractivity contribution in [2.24, 2.45) is 0 Å². The van der Waals surface area contributed by atoms with Gasteiger partial charge in [0.15, 0.2) is 5.82 Å². The molecule has 2 N–H and O–H groups in total. The topological polar surface area (TPSA) is 80.0 Å². The fraction of sp³-hybridized carbons (Fsp3) is 0.786. The minimum absolute atomic E-state index is 0.166.